The van der Waals surface area contributed by atoms with Gasteiger partial charge in [-0.2, -0.15) is 5.10 Å². The zero-order chi connectivity index (χ0) is 18.1. The first-order valence-electron chi connectivity index (χ1n) is 7.38. The van der Waals surface area contributed by atoms with E-state index in [1.54, 1.807) is 35.9 Å². The topological polar surface area (TPSA) is 93.0 Å². The van der Waals surface area contributed by atoms with Crippen molar-refractivity contribution in [1.82, 2.24) is 20.0 Å². The van der Waals surface area contributed by atoms with Crippen LogP contribution in [-0.4, -0.2) is 33.1 Å². The summed E-state index contributed by atoms with van der Waals surface area (Å²) >= 11 is 5.77. The molecule has 0 N–H and O–H groups in total. The first-order valence-corrected chi connectivity index (χ1v) is 7.75. The van der Waals surface area contributed by atoms with Crippen molar-refractivity contribution >= 4 is 17.6 Å². The van der Waals surface area contributed by atoms with Crippen LogP contribution in [0.4, 0.5) is 0 Å². The molecule has 7 nitrogen and oxygen atoms in total. The third-order valence-electron chi connectivity index (χ3n) is 3.84. The highest BCUT2D eigenvalue weighted by atomic mass is 35.5. The lowest BCUT2D eigenvalue weighted by Gasteiger charge is -2.13. The lowest BCUT2D eigenvalue weighted by atomic mass is 9.98. The number of nitrogens with zero attached hydrogens (tertiary/aromatic N) is 4. The van der Waals surface area contributed by atoms with Gasteiger partial charge in [0, 0.05) is 11.1 Å². The number of carboxylic acids is 1. The first kappa shape index (κ1) is 16.9. The highest BCUT2D eigenvalue weighted by Gasteiger charge is 2.19. The minimum Gasteiger partial charge on any atom is -0.545 e. The van der Waals surface area contributed by atoms with E-state index in [1.165, 1.54) is 13.2 Å². The molecule has 3 rings (SSSR count). The molecule has 25 heavy (non-hydrogen) atoms. The van der Waals surface area contributed by atoms with Crippen molar-refractivity contribution in [1.29, 1.82) is 0 Å². The zero-order valence-electron chi connectivity index (χ0n) is 13.8. The third-order valence-corrected chi connectivity index (χ3v) is 4.04. The molecule has 128 valence electrons. The van der Waals surface area contributed by atoms with Crippen LogP contribution < -0.4 is 9.84 Å². The molecule has 2 aromatic heterocycles. The van der Waals surface area contributed by atoms with E-state index < -0.39 is 5.97 Å². The second kappa shape index (κ2) is 6.52. The number of methoxy groups -OCH3 is 1. The molecule has 0 saturated heterocycles. The predicted octanol–water partition coefficient (Wildman–Crippen LogP) is 1.97. The molecule has 0 aliphatic carbocycles. The van der Waals surface area contributed by atoms with Gasteiger partial charge in [0.2, 0.25) is 0 Å². The number of carbonyl (C=O) groups excluding carboxylic acids is 1. The average Bonchev–Trinajstić information content (AvgIpc) is 2.89. The van der Waals surface area contributed by atoms with E-state index in [0.29, 0.717) is 28.4 Å². The Kier molecular flexibility index (Phi) is 4.41. The fourth-order valence-corrected chi connectivity index (χ4v) is 2.82. The van der Waals surface area contributed by atoms with Crippen molar-refractivity contribution in [2.24, 2.45) is 0 Å². The summed E-state index contributed by atoms with van der Waals surface area (Å²) in [6, 6.07) is 8.11. The summed E-state index contributed by atoms with van der Waals surface area (Å²) in [4.78, 5) is 11.6. The molecule has 1 aromatic carbocycles. The summed E-state index contributed by atoms with van der Waals surface area (Å²) < 4.78 is 6.69. The number of hydrogen-bond acceptors (Lipinski definition) is 6. The van der Waals surface area contributed by atoms with E-state index in [2.05, 4.69) is 15.3 Å². The van der Waals surface area contributed by atoms with Gasteiger partial charge in [0.05, 0.1) is 24.5 Å². The van der Waals surface area contributed by atoms with E-state index >= 15 is 0 Å². The van der Waals surface area contributed by atoms with Gasteiger partial charge in [0.25, 0.3) is 0 Å². The van der Waals surface area contributed by atoms with Gasteiger partial charge in [-0.1, -0.05) is 11.6 Å². The molecule has 0 radical (unpaired) electrons. The maximum Gasteiger partial charge on any atom is 0.176 e. The number of aryl methyl sites for hydroxylation is 1. The number of aromatic carboxylic acids is 1. The molecule has 0 saturated carbocycles. The predicted molar refractivity (Wildman–Crippen MR) is 90.0 cm³/mol. The normalized spacial score (nSPS) is 10.7. The largest absolute Gasteiger partial charge is 0.545 e. The fourth-order valence-electron chi connectivity index (χ4n) is 2.71. The molecule has 3 aromatic rings. The van der Waals surface area contributed by atoms with E-state index in [0.717, 1.165) is 5.69 Å². The number of carboxylic acid groups (broad SMARTS) is 1. The lowest BCUT2D eigenvalue weighted by molar-refractivity contribution is -0.254. The minimum absolute atomic E-state index is 0.0345. The van der Waals surface area contributed by atoms with E-state index in [1.807, 2.05) is 6.92 Å². The lowest BCUT2D eigenvalue weighted by Crippen LogP contribution is -2.23. The van der Waals surface area contributed by atoms with Crippen LogP contribution in [0.5, 0.6) is 5.75 Å². The Morgan fingerprint density at radius 1 is 1.20 bits per heavy atom. The van der Waals surface area contributed by atoms with Crippen LogP contribution in [0, 0.1) is 13.8 Å². The SMILES string of the molecule is COc1ccc(-c2c(C)nn(-c3ccc(Cl)nn3)c2C)c(C(=O)[O-])c1. The highest BCUT2D eigenvalue weighted by Crippen LogP contribution is 2.32. The molecule has 0 aliphatic rings. The number of rotatable bonds is 4. The summed E-state index contributed by atoms with van der Waals surface area (Å²) in [5, 5.41) is 24.1. The van der Waals surface area contributed by atoms with Gasteiger partial charge in [-0.25, -0.2) is 4.68 Å². The molecule has 0 atom stereocenters. The zero-order valence-corrected chi connectivity index (χ0v) is 14.5. The molecule has 0 fully saturated rings. The first-order chi connectivity index (χ1) is 11.9. The quantitative estimate of drug-likeness (QED) is 0.708. The molecule has 0 amide bonds. The van der Waals surface area contributed by atoms with Gasteiger partial charge in [-0.05, 0) is 49.7 Å². The number of carbonyl (C=O) groups is 1. The molecule has 0 unspecified atom stereocenters. The van der Waals surface area contributed by atoms with Crippen LogP contribution in [0.1, 0.15) is 21.7 Å². The summed E-state index contributed by atoms with van der Waals surface area (Å²) in [5.74, 6) is -0.360. The number of ether oxygens (including phenoxy) is 1. The Morgan fingerprint density at radius 2 is 1.96 bits per heavy atom. The Balaban J connectivity index is 2.19. The second-order valence-corrected chi connectivity index (χ2v) is 5.76. The molecular weight excluding hydrogens is 344 g/mol. The summed E-state index contributed by atoms with van der Waals surface area (Å²) in [7, 11) is 1.47. The molecule has 0 spiro atoms. The van der Waals surface area contributed by atoms with Crippen LogP contribution in [0.25, 0.3) is 16.9 Å². The van der Waals surface area contributed by atoms with Crippen molar-refractivity contribution in [3.05, 3.63) is 52.4 Å². The third kappa shape index (κ3) is 3.06. The van der Waals surface area contributed by atoms with Crippen molar-refractivity contribution < 1.29 is 14.6 Å². The summed E-state index contributed by atoms with van der Waals surface area (Å²) in [5.41, 5.74) is 2.61. The maximum atomic E-state index is 11.6. The van der Waals surface area contributed by atoms with Crippen LogP contribution in [0.3, 0.4) is 0 Å². The monoisotopic (exact) mass is 357 g/mol. The van der Waals surface area contributed by atoms with E-state index in [9.17, 15) is 9.90 Å². The summed E-state index contributed by atoms with van der Waals surface area (Å²) in [6.45, 7) is 3.63. The Bertz CT molecular complexity index is 951. The van der Waals surface area contributed by atoms with Crippen LogP contribution >= 0.6 is 11.6 Å². The average molecular weight is 358 g/mol. The fraction of sp³-hybridized carbons (Fsp3) is 0.176. The molecule has 8 heteroatoms. The number of aromatic nitrogens is 4. The van der Waals surface area contributed by atoms with E-state index in [4.69, 9.17) is 16.3 Å². The molecule has 0 bridgehead atoms. The van der Waals surface area contributed by atoms with Crippen LogP contribution in [0.15, 0.2) is 30.3 Å². The Hall–Kier alpha value is -2.93. The minimum atomic E-state index is -1.29. The maximum absolute atomic E-state index is 11.6. The Labute approximate surface area is 148 Å². The van der Waals surface area contributed by atoms with Gasteiger partial charge in [-0.3, -0.25) is 0 Å². The number of hydrogen-bond donors (Lipinski definition) is 0. The van der Waals surface area contributed by atoms with Gasteiger partial charge < -0.3 is 14.6 Å². The van der Waals surface area contributed by atoms with Gasteiger partial charge in [0.15, 0.2) is 11.0 Å². The highest BCUT2D eigenvalue weighted by molar-refractivity contribution is 6.29. The standard InChI is InChI=1S/C17H15ClN4O3/c1-9-16(12-5-4-11(25-3)8-13(12)17(23)24)10(2)22(21-9)15-7-6-14(18)19-20-15/h4-8H,1-3H3,(H,23,24)/p-1. The van der Waals surface area contributed by atoms with Crippen LogP contribution in [-0.2, 0) is 0 Å². The number of halogens is 1. The molecule has 0 aliphatic heterocycles. The van der Waals surface area contributed by atoms with Crippen LogP contribution in [0.2, 0.25) is 5.15 Å². The van der Waals surface area contributed by atoms with Crippen molar-refractivity contribution in [3.63, 3.8) is 0 Å². The van der Waals surface area contributed by atoms with Crippen molar-refractivity contribution in [2.75, 3.05) is 7.11 Å². The van der Waals surface area contributed by atoms with Gasteiger partial charge >= 0.3 is 0 Å². The second-order valence-electron chi connectivity index (χ2n) is 5.37. The smallest absolute Gasteiger partial charge is 0.176 e. The van der Waals surface area contributed by atoms with E-state index in [-0.39, 0.29) is 10.7 Å². The Morgan fingerprint density at radius 3 is 2.56 bits per heavy atom. The summed E-state index contributed by atoms with van der Waals surface area (Å²) in [6.07, 6.45) is 0. The van der Waals surface area contributed by atoms with Crippen molar-refractivity contribution in [3.8, 4) is 22.7 Å². The van der Waals surface area contributed by atoms with Gasteiger partial charge in [-0.15, -0.1) is 10.2 Å². The van der Waals surface area contributed by atoms with Crippen molar-refractivity contribution in [2.45, 2.75) is 13.8 Å². The molecular formula is C17H14ClN4O3-. The van der Waals surface area contributed by atoms with Gasteiger partial charge in [0.1, 0.15) is 5.75 Å². The molecule has 2 heterocycles. The number of benzene rings is 1.